The van der Waals surface area contributed by atoms with Crippen LogP contribution in [0.5, 0.6) is 0 Å². The van der Waals surface area contributed by atoms with Crippen molar-refractivity contribution in [2.45, 2.75) is 0 Å². The quantitative estimate of drug-likeness (QED) is 0.127. The average Bonchev–Trinajstić information content (AvgIpc) is 3.70. The van der Waals surface area contributed by atoms with Crippen LogP contribution in [-0.4, -0.2) is 6.71 Å². The zero-order valence-electron chi connectivity index (χ0n) is 32.4. The lowest BCUT2D eigenvalue weighted by atomic mass is 9.36. The Morgan fingerprint density at radius 1 is 0.333 bits per heavy atom. The van der Waals surface area contributed by atoms with Crippen molar-refractivity contribution in [1.29, 1.82) is 0 Å². The summed E-state index contributed by atoms with van der Waals surface area (Å²) in [6, 6.07) is 74.9. The van der Waals surface area contributed by atoms with Crippen molar-refractivity contribution in [2.75, 3.05) is 9.80 Å². The molecule has 0 N–H and O–H groups in total. The molecule has 0 atom stereocenters. The van der Waals surface area contributed by atoms with Crippen molar-refractivity contribution in [3.63, 3.8) is 0 Å². The summed E-state index contributed by atoms with van der Waals surface area (Å²) < 4.78 is 2.70. The molecule has 11 aromatic carbocycles. The molecule has 276 valence electrons. The smallest absolute Gasteiger partial charge is 0.264 e. The molecule has 0 unspecified atom stereocenters. The Labute approximate surface area is 350 Å². The van der Waals surface area contributed by atoms with E-state index in [1.165, 1.54) is 125 Å². The van der Waals surface area contributed by atoms with E-state index in [0.29, 0.717) is 0 Å². The van der Waals surface area contributed by atoms with E-state index in [1.807, 2.05) is 11.3 Å². The number of para-hydroxylation sites is 1. The first kappa shape index (κ1) is 32.5. The molecule has 3 heterocycles. The minimum absolute atomic E-state index is 0.0741. The van der Waals surface area contributed by atoms with Crippen LogP contribution in [0.25, 0.3) is 74.7 Å². The normalized spacial score (nSPS) is 13.2. The van der Waals surface area contributed by atoms with Crippen molar-refractivity contribution < 1.29 is 0 Å². The van der Waals surface area contributed by atoms with Gasteiger partial charge in [0.1, 0.15) is 0 Å². The Morgan fingerprint density at radius 2 is 0.783 bits per heavy atom. The topological polar surface area (TPSA) is 6.48 Å². The van der Waals surface area contributed by atoms with Gasteiger partial charge in [0.2, 0.25) is 0 Å². The fraction of sp³-hybridized carbons (Fsp3) is 0. The summed E-state index contributed by atoms with van der Waals surface area (Å²) in [5.74, 6) is 0. The zero-order chi connectivity index (χ0) is 39.1. The van der Waals surface area contributed by atoms with Crippen LogP contribution in [0.2, 0.25) is 0 Å². The lowest BCUT2D eigenvalue weighted by Crippen LogP contribution is -2.60. The summed E-state index contributed by atoms with van der Waals surface area (Å²) in [4.78, 5) is 5.16. The van der Waals surface area contributed by atoms with Crippen molar-refractivity contribution in [2.24, 2.45) is 0 Å². The van der Waals surface area contributed by atoms with Crippen LogP contribution in [-0.2, 0) is 0 Å². The third kappa shape index (κ3) is 4.23. The van der Waals surface area contributed by atoms with Gasteiger partial charge in [0.05, 0.1) is 11.4 Å². The minimum atomic E-state index is 0.0741. The standard InChI is InChI=1S/C56H33BN2S/c1-2-17-37-35(15-1)36-16-4-6-21-41(36)46-33-34(31-32-42(37)46)58-48-26-11-10-25-47(48)57-54-50(58)28-14-29-51(54)59(55-45-23-9-12-30-52(45)60-56(55)57)49-27-13-24-44-40-19-5-3-18-38(40)39-20-7-8-22-43(39)53(44)49/h1-33H. The molecule has 0 saturated heterocycles. The molecule has 0 aliphatic carbocycles. The molecule has 0 bridgehead atoms. The Morgan fingerprint density at radius 3 is 1.45 bits per heavy atom. The summed E-state index contributed by atoms with van der Waals surface area (Å²) in [6.45, 7) is 0.0741. The molecular weight excluding hydrogens is 744 g/mol. The van der Waals surface area contributed by atoms with Crippen LogP contribution in [0.15, 0.2) is 200 Å². The number of nitrogens with zero attached hydrogens (tertiary/aromatic N) is 2. The van der Waals surface area contributed by atoms with Gasteiger partial charge in [-0.25, -0.2) is 0 Å². The van der Waals surface area contributed by atoms with E-state index < -0.39 is 0 Å². The molecular formula is C56H33BN2S. The fourth-order valence-corrected chi connectivity index (χ4v) is 12.3. The molecule has 0 radical (unpaired) electrons. The molecule has 1 aromatic heterocycles. The first-order valence-corrected chi connectivity index (χ1v) is 21.6. The average molecular weight is 777 g/mol. The first-order chi connectivity index (χ1) is 29.8. The van der Waals surface area contributed by atoms with Crippen LogP contribution < -0.4 is 25.5 Å². The molecule has 0 amide bonds. The lowest BCUT2D eigenvalue weighted by Gasteiger charge is -2.43. The second-order valence-corrected chi connectivity index (χ2v) is 17.4. The van der Waals surface area contributed by atoms with Crippen LogP contribution >= 0.6 is 11.3 Å². The highest BCUT2D eigenvalue weighted by Gasteiger charge is 2.45. The Balaban J connectivity index is 1.09. The number of anilines is 6. The van der Waals surface area contributed by atoms with Crippen LogP contribution in [0, 0.1) is 0 Å². The number of thiophene rings is 1. The minimum Gasteiger partial charge on any atom is -0.311 e. The van der Waals surface area contributed by atoms with Gasteiger partial charge in [0.25, 0.3) is 6.71 Å². The first-order valence-electron chi connectivity index (χ1n) is 20.8. The fourth-order valence-electron chi connectivity index (χ4n) is 11.0. The molecule has 2 aliphatic rings. The second-order valence-electron chi connectivity index (χ2n) is 16.3. The van der Waals surface area contributed by atoms with Gasteiger partial charge in [-0.05, 0) is 113 Å². The predicted octanol–water partition coefficient (Wildman–Crippen LogP) is 13.9. The molecule has 0 fully saturated rings. The van der Waals surface area contributed by atoms with Crippen LogP contribution in [0.4, 0.5) is 34.1 Å². The maximum absolute atomic E-state index is 2.62. The number of fused-ring (bicyclic) bond motifs is 18. The van der Waals surface area contributed by atoms with E-state index in [9.17, 15) is 0 Å². The molecule has 14 rings (SSSR count). The highest BCUT2D eigenvalue weighted by Crippen LogP contribution is 2.51. The van der Waals surface area contributed by atoms with E-state index in [-0.39, 0.29) is 6.71 Å². The monoisotopic (exact) mass is 776 g/mol. The van der Waals surface area contributed by atoms with Crippen molar-refractivity contribution in [3.05, 3.63) is 200 Å². The zero-order valence-corrected chi connectivity index (χ0v) is 33.2. The Bertz CT molecular complexity index is 3750. The summed E-state index contributed by atoms with van der Waals surface area (Å²) in [5, 5.41) is 16.7. The van der Waals surface area contributed by atoms with Gasteiger partial charge in [-0.3, -0.25) is 0 Å². The molecule has 0 saturated carbocycles. The number of rotatable bonds is 2. The van der Waals surface area contributed by atoms with Crippen LogP contribution in [0.3, 0.4) is 0 Å². The van der Waals surface area contributed by atoms with Crippen LogP contribution in [0.1, 0.15) is 0 Å². The second kappa shape index (κ2) is 12.1. The largest absolute Gasteiger partial charge is 0.311 e. The SMILES string of the molecule is c1ccc2c(c1)B1c3sc4ccccc4c3N(c3cccc4c5ccccc5c5ccccc5c34)c3cccc(c31)N2c1ccc2c3ccccc3c3ccccc3c2c1. The van der Waals surface area contributed by atoms with Gasteiger partial charge < -0.3 is 9.80 Å². The van der Waals surface area contributed by atoms with Crippen molar-refractivity contribution >= 4 is 143 Å². The van der Waals surface area contributed by atoms with Crippen molar-refractivity contribution in [1.82, 2.24) is 0 Å². The van der Waals surface area contributed by atoms with Gasteiger partial charge in [-0.2, -0.15) is 0 Å². The van der Waals surface area contributed by atoms with Gasteiger partial charge in [-0.15, -0.1) is 11.3 Å². The van der Waals surface area contributed by atoms with E-state index in [4.69, 9.17) is 0 Å². The maximum atomic E-state index is 2.62. The number of benzene rings is 11. The molecule has 60 heavy (non-hydrogen) atoms. The molecule has 2 aliphatic heterocycles. The van der Waals surface area contributed by atoms with E-state index in [2.05, 4.69) is 210 Å². The third-order valence-electron chi connectivity index (χ3n) is 13.4. The molecule has 2 nitrogen and oxygen atoms in total. The molecule has 12 aromatic rings. The summed E-state index contributed by atoms with van der Waals surface area (Å²) in [7, 11) is 0. The van der Waals surface area contributed by atoms with E-state index in [1.54, 1.807) is 0 Å². The van der Waals surface area contributed by atoms with Gasteiger partial charge in [0, 0.05) is 43.0 Å². The number of hydrogen-bond acceptors (Lipinski definition) is 3. The molecule has 0 spiro atoms. The summed E-state index contributed by atoms with van der Waals surface area (Å²) in [5.41, 5.74) is 10.0. The third-order valence-corrected chi connectivity index (χ3v) is 14.6. The molecule has 4 heteroatoms. The van der Waals surface area contributed by atoms with Gasteiger partial charge in [-0.1, -0.05) is 158 Å². The van der Waals surface area contributed by atoms with E-state index in [0.717, 1.165) is 0 Å². The Hall–Kier alpha value is -7.40. The van der Waals surface area contributed by atoms with Gasteiger partial charge >= 0.3 is 0 Å². The van der Waals surface area contributed by atoms with Gasteiger partial charge in [0.15, 0.2) is 0 Å². The summed E-state index contributed by atoms with van der Waals surface area (Å²) in [6.07, 6.45) is 0. The predicted molar refractivity (Wildman–Crippen MR) is 261 cm³/mol. The lowest BCUT2D eigenvalue weighted by molar-refractivity contribution is 1.27. The highest BCUT2D eigenvalue weighted by atomic mass is 32.1. The summed E-state index contributed by atoms with van der Waals surface area (Å²) >= 11 is 1.95. The highest BCUT2D eigenvalue weighted by molar-refractivity contribution is 7.33. The number of hydrogen-bond donors (Lipinski definition) is 0. The van der Waals surface area contributed by atoms with E-state index >= 15 is 0 Å². The maximum Gasteiger partial charge on any atom is 0.264 e. The van der Waals surface area contributed by atoms with Crippen molar-refractivity contribution in [3.8, 4) is 0 Å². The Kier molecular flexibility index (Phi) is 6.55.